The molecule has 29 heavy (non-hydrogen) atoms. The fraction of sp³-hybridized carbons (Fsp3) is 0.348. The van der Waals surface area contributed by atoms with Gasteiger partial charge in [0.05, 0.1) is 19.2 Å². The molecule has 0 radical (unpaired) electrons. The second-order valence-corrected chi connectivity index (χ2v) is 7.41. The van der Waals surface area contributed by atoms with Crippen molar-refractivity contribution in [2.24, 2.45) is 0 Å². The first-order chi connectivity index (χ1) is 14.1. The van der Waals surface area contributed by atoms with Gasteiger partial charge in [0.15, 0.2) is 5.89 Å². The van der Waals surface area contributed by atoms with Gasteiger partial charge < -0.3 is 14.1 Å². The fourth-order valence-corrected chi connectivity index (χ4v) is 3.82. The summed E-state index contributed by atoms with van der Waals surface area (Å²) in [6.45, 7) is 3.23. The Morgan fingerprint density at radius 2 is 2.10 bits per heavy atom. The van der Waals surface area contributed by atoms with Crippen molar-refractivity contribution in [2.75, 3.05) is 20.2 Å². The molecule has 3 heterocycles. The number of likely N-dealkylation sites (tertiary alicyclic amines) is 1. The van der Waals surface area contributed by atoms with Crippen LogP contribution in [-0.2, 0) is 6.42 Å². The topological polar surface area (TPSA) is 68.5 Å². The Morgan fingerprint density at radius 3 is 2.93 bits per heavy atom. The Morgan fingerprint density at radius 1 is 1.24 bits per heavy atom. The smallest absolute Gasteiger partial charge is 0.272 e. The molecule has 2 aromatic heterocycles. The average Bonchev–Trinajstić information content (AvgIpc) is 3.22. The number of nitrogens with zero attached hydrogens (tertiary/aromatic N) is 3. The molecule has 6 nitrogen and oxygen atoms in total. The number of piperidine rings is 1. The zero-order chi connectivity index (χ0) is 20.2. The molecule has 1 saturated heterocycles. The minimum atomic E-state index is -0.0285. The van der Waals surface area contributed by atoms with Crippen molar-refractivity contribution in [1.82, 2.24) is 14.9 Å². The summed E-state index contributed by atoms with van der Waals surface area (Å²) >= 11 is 0. The van der Waals surface area contributed by atoms with Crippen molar-refractivity contribution < 1.29 is 13.9 Å². The molecule has 1 aliphatic rings. The van der Waals surface area contributed by atoms with Crippen LogP contribution < -0.4 is 4.74 Å². The van der Waals surface area contributed by atoms with Gasteiger partial charge in [-0.2, -0.15) is 0 Å². The number of hydrogen-bond acceptors (Lipinski definition) is 5. The number of aromatic nitrogens is 2. The molecular formula is C23H25N3O3. The van der Waals surface area contributed by atoms with E-state index in [1.807, 2.05) is 48.2 Å². The van der Waals surface area contributed by atoms with Crippen LogP contribution in [0.2, 0.25) is 0 Å². The van der Waals surface area contributed by atoms with E-state index >= 15 is 0 Å². The number of aryl methyl sites for hydroxylation is 1. The summed E-state index contributed by atoms with van der Waals surface area (Å²) < 4.78 is 11.5. The fourth-order valence-electron chi connectivity index (χ4n) is 3.82. The number of carbonyl (C=O) groups is 1. The Kier molecular flexibility index (Phi) is 5.60. The van der Waals surface area contributed by atoms with Gasteiger partial charge in [-0.1, -0.05) is 24.3 Å². The monoisotopic (exact) mass is 391 g/mol. The number of ether oxygens (including phenoxy) is 1. The van der Waals surface area contributed by atoms with Crippen LogP contribution in [-0.4, -0.2) is 41.0 Å². The maximum Gasteiger partial charge on any atom is 0.272 e. The summed E-state index contributed by atoms with van der Waals surface area (Å²) in [5.41, 5.74) is 2.40. The maximum absolute atomic E-state index is 12.8. The minimum Gasteiger partial charge on any atom is -0.496 e. The number of amides is 1. The third-order valence-electron chi connectivity index (χ3n) is 5.29. The summed E-state index contributed by atoms with van der Waals surface area (Å²) in [7, 11) is 1.67. The number of hydrogen-bond donors (Lipinski definition) is 0. The molecule has 1 amide bonds. The largest absolute Gasteiger partial charge is 0.496 e. The van der Waals surface area contributed by atoms with Crippen LogP contribution in [0.1, 0.15) is 52.2 Å². The third-order valence-corrected chi connectivity index (χ3v) is 5.29. The van der Waals surface area contributed by atoms with E-state index in [9.17, 15) is 4.79 Å². The van der Waals surface area contributed by atoms with E-state index in [4.69, 9.17) is 9.15 Å². The van der Waals surface area contributed by atoms with Crippen molar-refractivity contribution in [3.8, 4) is 5.75 Å². The van der Waals surface area contributed by atoms with Crippen molar-refractivity contribution in [2.45, 2.75) is 32.1 Å². The lowest BCUT2D eigenvalue weighted by atomic mass is 9.97. The summed E-state index contributed by atoms with van der Waals surface area (Å²) in [6, 6.07) is 13.4. The van der Waals surface area contributed by atoms with Gasteiger partial charge in [0.1, 0.15) is 17.2 Å². The van der Waals surface area contributed by atoms with Gasteiger partial charge in [0.25, 0.3) is 5.91 Å². The molecule has 0 aliphatic carbocycles. The Bertz CT molecular complexity index is 998. The molecule has 0 saturated carbocycles. The predicted octanol–water partition coefficient (Wildman–Crippen LogP) is 4.00. The molecule has 0 bridgehead atoms. The van der Waals surface area contributed by atoms with Crippen LogP contribution in [0.25, 0.3) is 0 Å². The van der Waals surface area contributed by atoms with Crippen LogP contribution in [0.5, 0.6) is 5.75 Å². The van der Waals surface area contributed by atoms with E-state index < -0.39 is 0 Å². The second kappa shape index (κ2) is 8.47. The van der Waals surface area contributed by atoms with Gasteiger partial charge in [-0.15, -0.1) is 0 Å². The second-order valence-electron chi connectivity index (χ2n) is 7.41. The van der Waals surface area contributed by atoms with Gasteiger partial charge in [-0.3, -0.25) is 4.79 Å². The SMILES string of the molecule is COc1ccccc1Cc1cnc([C@H]2CCCN(C(=O)c3cccc(C)n3)C2)o1. The molecule has 1 aromatic carbocycles. The first kappa shape index (κ1) is 19.2. The zero-order valence-corrected chi connectivity index (χ0v) is 16.8. The Labute approximate surface area is 170 Å². The highest BCUT2D eigenvalue weighted by Crippen LogP contribution is 2.29. The lowest BCUT2D eigenvalue weighted by Gasteiger charge is -2.31. The quantitative estimate of drug-likeness (QED) is 0.658. The number of oxazole rings is 1. The highest BCUT2D eigenvalue weighted by atomic mass is 16.5. The average molecular weight is 391 g/mol. The molecule has 4 rings (SSSR count). The van der Waals surface area contributed by atoms with Crippen LogP contribution >= 0.6 is 0 Å². The number of methoxy groups -OCH3 is 1. The molecule has 0 N–H and O–H groups in total. The highest BCUT2D eigenvalue weighted by molar-refractivity contribution is 5.92. The first-order valence-electron chi connectivity index (χ1n) is 9.93. The van der Waals surface area contributed by atoms with Gasteiger partial charge in [0.2, 0.25) is 0 Å². The van der Waals surface area contributed by atoms with Crippen molar-refractivity contribution >= 4 is 5.91 Å². The standard InChI is InChI=1S/C23H25N3O3/c1-16-7-5-10-20(25-16)23(27)26-12-6-9-18(15-26)22-24-14-19(29-22)13-17-8-3-4-11-21(17)28-2/h3-5,7-8,10-11,14,18H,6,9,12-13,15H2,1-2H3/t18-/m0/s1. The number of carbonyl (C=O) groups excluding carboxylic acids is 1. The lowest BCUT2D eigenvalue weighted by Crippen LogP contribution is -2.39. The summed E-state index contributed by atoms with van der Waals surface area (Å²) in [5.74, 6) is 2.41. The number of pyridine rings is 1. The zero-order valence-electron chi connectivity index (χ0n) is 16.8. The van der Waals surface area contributed by atoms with Gasteiger partial charge in [-0.25, -0.2) is 9.97 Å². The van der Waals surface area contributed by atoms with E-state index in [0.29, 0.717) is 24.6 Å². The van der Waals surface area contributed by atoms with E-state index in [-0.39, 0.29) is 11.8 Å². The lowest BCUT2D eigenvalue weighted by molar-refractivity contribution is 0.0691. The molecule has 3 aromatic rings. The molecule has 1 atom stereocenters. The van der Waals surface area contributed by atoms with Crippen molar-refractivity contribution in [1.29, 1.82) is 0 Å². The molecule has 150 valence electrons. The van der Waals surface area contributed by atoms with E-state index in [2.05, 4.69) is 9.97 Å². The normalized spacial score (nSPS) is 16.6. The molecule has 0 unspecified atom stereocenters. The van der Waals surface area contributed by atoms with Crippen molar-refractivity contribution in [3.05, 3.63) is 77.3 Å². The van der Waals surface area contributed by atoms with Gasteiger partial charge in [0, 0.05) is 30.8 Å². The van der Waals surface area contributed by atoms with Gasteiger partial charge >= 0.3 is 0 Å². The predicted molar refractivity (Wildman–Crippen MR) is 109 cm³/mol. The summed E-state index contributed by atoms with van der Waals surface area (Å²) in [4.78, 5) is 23.6. The Balaban J connectivity index is 1.46. The van der Waals surface area contributed by atoms with Crippen LogP contribution in [0.3, 0.4) is 0 Å². The molecule has 0 spiro atoms. The van der Waals surface area contributed by atoms with Gasteiger partial charge in [-0.05, 0) is 38.0 Å². The van der Waals surface area contributed by atoms with E-state index in [1.54, 1.807) is 19.4 Å². The van der Waals surface area contributed by atoms with Crippen LogP contribution in [0, 0.1) is 6.92 Å². The maximum atomic E-state index is 12.8. The summed E-state index contributed by atoms with van der Waals surface area (Å²) in [6.07, 6.45) is 4.29. The van der Waals surface area contributed by atoms with Crippen LogP contribution in [0.15, 0.2) is 53.1 Å². The molecular weight excluding hydrogens is 366 g/mol. The molecule has 1 fully saturated rings. The number of rotatable bonds is 5. The Hall–Kier alpha value is -3.15. The third kappa shape index (κ3) is 4.31. The van der Waals surface area contributed by atoms with E-state index in [0.717, 1.165) is 42.2 Å². The minimum absolute atomic E-state index is 0.0285. The first-order valence-corrected chi connectivity index (χ1v) is 9.93. The summed E-state index contributed by atoms with van der Waals surface area (Å²) in [5, 5.41) is 0. The molecule has 1 aliphatic heterocycles. The number of para-hydroxylation sites is 1. The van der Waals surface area contributed by atoms with Crippen molar-refractivity contribution in [3.63, 3.8) is 0 Å². The van der Waals surface area contributed by atoms with Crippen LogP contribution in [0.4, 0.5) is 0 Å². The molecule has 6 heteroatoms. The van der Waals surface area contributed by atoms with E-state index in [1.165, 1.54) is 0 Å². The highest BCUT2D eigenvalue weighted by Gasteiger charge is 2.29. The number of benzene rings is 1.